The van der Waals surface area contributed by atoms with Crippen LogP contribution in [0.4, 0.5) is 9.39 Å². The molecule has 0 aliphatic rings. The zero-order chi connectivity index (χ0) is 20.8. The van der Waals surface area contributed by atoms with Gasteiger partial charge in [0.2, 0.25) is 5.91 Å². The second kappa shape index (κ2) is 9.29. The van der Waals surface area contributed by atoms with Gasteiger partial charge in [0.25, 0.3) is 0 Å². The van der Waals surface area contributed by atoms with E-state index >= 15 is 0 Å². The summed E-state index contributed by atoms with van der Waals surface area (Å²) in [6.45, 7) is 2.21. The molecule has 0 unspecified atom stereocenters. The largest absolute Gasteiger partial charge is 0.462 e. The van der Waals surface area contributed by atoms with E-state index in [4.69, 9.17) is 4.74 Å². The first kappa shape index (κ1) is 20.5. The van der Waals surface area contributed by atoms with Gasteiger partial charge in [-0.15, -0.1) is 11.3 Å². The molecule has 1 aromatic carbocycles. The Morgan fingerprint density at radius 3 is 2.69 bits per heavy atom. The van der Waals surface area contributed by atoms with E-state index in [9.17, 15) is 18.8 Å². The van der Waals surface area contributed by atoms with Crippen molar-refractivity contribution in [2.24, 2.45) is 0 Å². The van der Waals surface area contributed by atoms with Crippen molar-refractivity contribution in [3.05, 3.63) is 65.0 Å². The van der Waals surface area contributed by atoms with Gasteiger partial charge in [0.05, 0.1) is 12.3 Å². The molecule has 0 radical (unpaired) electrons. The molecule has 6 nitrogen and oxygen atoms in total. The van der Waals surface area contributed by atoms with E-state index in [-0.39, 0.29) is 30.3 Å². The molecule has 0 aliphatic carbocycles. The summed E-state index contributed by atoms with van der Waals surface area (Å²) in [7, 11) is 0. The number of carbonyl (C=O) groups excluding carboxylic acids is 3. The molecule has 0 fully saturated rings. The number of carbonyl (C=O) groups is 3. The third-order valence-corrected chi connectivity index (χ3v) is 5.14. The summed E-state index contributed by atoms with van der Waals surface area (Å²) < 4.78 is 20.1. The predicted octanol–water partition coefficient (Wildman–Crippen LogP) is 4.37. The Kier molecular flexibility index (Phi) is 6.56. The molecule has 0 saturated heterocycles. The predicted molar refractivity (Wildman–Crippen MR) is 109 cm³/mol. The Morgan fingerprint density at radius 2 is 2.00 bits per heavy atom. The Labute approximate surface area is 170 Å². The molecule has 150 valence electrons. The fourth-order valence-corrected chi connectivity index (χ4v) is 3.82. The van der Waals surface area contributed by atoms with Crippen molar-refractivity contribution in [1.29, 1.82) is 0 Å². The summed E-state index contributed by atoms with van der Waals surface area (Å²) in [6.07, 6.45) is 2.57. The Hall–Kier alpha value is -3.26. The standard InChI is InChI=1S/C21H19FN2O4S/c1-2-28-21(27)19-17(14-5-7-15(22)8-6-14)13-29-20(19)23-18(26)9-11-24-10-3-4-16(24)12-25/h3-8,10,12-13H,2,9,11H2,1H3,(H,23,26). The van der Waals surface area contributed by atoms with Crippen molar-refractivity contribution in [3.63, 3.8) is 0 Å². The minimum absolute atomic E-state index is 0.127. The maximum absolute atomic E-state index is 13.2. The maximum Gasteiger partial charge on any atom is 0.341 e. The van der Waals surface area contributed by atoms with E-state index in [1.54, 1.807) is 47.3 Å². The summed E-state index contributed by atoms with van der Waals surface area (Å²) >= 11 is 1.20. The lowest BCUT2D eigenvalue weighted by atomic mass is 10.0. The highest BCUT2D eigenvalue weighted by Gasteiger charge is 2.22. The maximum atomic E-state index is 13.2. The first-order chi connectivity index (χ1) is 14.0. The molecule has 3 aromatic rings. The van der Waals surface area contributed by atoms with Gasteiger partial charge in [0, 0.05) is 30.1 Å². The van der Waals surface area contributed by atoms with E-state index in [1.807, 2.05) is 0 Å². The molecule has 2 heterocycles. The molecule has 29 heavy (non-hydrogen) atoms. The summed E-state index contributed by atoms with van der Waals surface area (Å²) in [5, 5.41) is 4.85. The van der Waals surface area contributed by atoms with Crippen LogP contribution in [0.25, 0.3) is 11.1 Å². The van der Waals surface area contributed by atoms with Crippen LogP contribution in [-0.4, -0.2) is 29.3 Å². The SMILES string of the molecule is CCOC(=O)c1c(-c2ccc(F)cc2)csc1NC(=O)CCn1cccc1C=O. The highest BCUT2D eigenvalue weighted by molar-refractivity contribution is 7.15. The number of aromatic nitrogens is 1. The quantitative estimate of drug-likeness (QED) is 0.439. The topological polar surface area (TPSA) is 77.4 Å². The molecule has 3 rings (SSSR count). The van der Waals surface area contributed by atoms with Crippen molar-refractivity contribution in [2.45, 2.75) is 19.9 Å². The van der Waals surface area contributed by atoms with Crippen LogP contribution >= 0.6 is 11.3 Å². The normalized spacial score (nSPS) is 10.6. The number of nitrogens with one attached hydrogen (secondary N) is 1. The fourth-order valence-electron chi connectivity index (χ4n) is 2.85. The van der Waals surface area contributed by atoms with E-state index in [2.05, 4.69) is 5.32 Å². The second-order valence-electron chi connectivity index (χ2n) is 6.12. The number of amides is 1. The number of thiophene rings is 1. The molecule has 0 spiro atoms. The van der Waals surface area contributed by atoms with Crippen molar-refractivity contribution in [2.75, 3.05) is 11.9 Å². The van der Waals surface area contributed by atoms with Crippen molar-refractivity contribution in [1.82, 2.24) is 4.57 Å². The van der Waals surface area contributed by atoms with Crippen LogP contribution in [0.15, 0.2) is 48.0 Å². The summed E-state index contributed by atoms with van der Waals surface area (Å²) in [6, 6.07) is 9.15. The zero-order valence-corrected chi connectivity index (χ0v) is 16.5. The second-order valence-corrected chi connectivity index (χ2v) is 7.00. The minimum Gasteiger partial charge on any atom is -0.462 e. The third-order valence-electron chi connectivity index (χ3n) is 4.24. The summed E-state index contributed by atoms with van der Waals surface area (Å²) in [4.78, 5) is 35.9. The lowest BCUT2D eigenvalue weighted by molar-refractivity contribution is -0.116. The van der Waals surface area contributed by atoms with E-state index in [0.717, 1.165) is 6.29 Å². The average molecular weight is 414 g/mol. The number of halogens is 1. The molecule has 0 bridgehead atoms. The van der Waals surface area contributed by atoms with Crippen LogP contribution in [0.3, 0.4) is 0 Å². The van der Waals surface area contributed by atoms with Crippen LogP contribution < -0.4 is 5.32 Å². The molecule has 0 aliphatic heterocycles. The number of nitrogens with zero attached hydrogens (tertiary/aromatic N) is 1. The lowest BCUT2D eigenvalue weighted by Gasteiger charge is -2.09. The number of hydrogen-bond donors (Lipinski definition) is 1. The molecule has 8 heteroatoms. The van der Waals surface area contributed by atoms with Crippen LogP contribution in [0.5, 0.6) is 0 Å². The number of benzene rings is 1. The molecule has 2 aromatic heterocycles. The Bertz CT molecular complexity index is 1020. The monoisotopic (exact) mass is 414 g/mol. The van der Waals surface area contributed by atoms with E-state index in [0.29, 0.717) is 28.4 Å². The highest BCUT2D eigenvalue weighted by atomic mass is 32.1. The van der Waals surface area contributed by atoms with Gasteiger partial charge < -0.3 is 14.6 Å². The van der Waals surface area contributed by atoms with Gasteiger partial charge in [0.15, 0.2) is 6.29 Å². The number of ether oxygens (including phenoxy) is 1. The number of esters is 1. The third kappa shape index (κ3) is 4.78. The van der Waals surface area contributed by atoms with Gasteiger partial charge >= 0.3 is 5.97 Å². The van der Waals surface area contributed by atoms with Crippen LogP contribution in [0.2, 0.25) is 0 Å². The zero-order valence-electron chi connectivity index (χ0n) is 15.7. The smallest absolute Gasteiger partial charge is 0.341 e. The van der Waals surface area contributed by atoms with Crippen molar-refractivity contribution < 1.29 is 23.5 Å². The number of aldehydes is 1. The van der Waals surface area contributed by atoms with Crippen molar-refractivity contribution in [3.8, 4) is 11.1 Å². The van der Waals surface area contributed by atoms with Crippen LogP contribution in [0.1, 0.15) is 34.2 Å². The summed E-state index contributed by atoms with van der Waals surface area (Å²) in [5.41, 5.74) is 1.94. The van der Waals surface area contributed by atoms with Crippen LogP contribution in [-0.2, 0) is 16.1 Å². The molecule has 1 N–H and O–H groups in total. The highest BCUT2D eigenvalue weighted by Crippen LogP contribution is 2.36. The lowest BCUT2D eigenvalue weighted by Crippen LogP contribution is -2.16. The minimum atomic E-state index is -0.558. The number of anilines is 1. The summed E-state index contributed by atoms with van der Waals surface area (Å²) in [5.74, 6) is -1.24. The van der Waals surface area contributed by atoms with E-state index < -0.39 is 5.97 Å². The van der Waals surface area contributed by atoms with Crippen molar-refractivity contribution >= 4 is 34.5 Å². The van der Waals surface area contributed by atoms with Gasteiger partial charge in [-0.1, -0.05) is 12.1 Å². The van der Waals surface area contributed by atoms with Gasteiger partial charge in [-0.05, 0) is 36.8 Å². The molecule has 0 saturated carbocycles. The Morgan fingerprint density at radius 1 is 1.24 bits per heavy atom. The van der Waals surface area contributed by atoms with Gasteiger partial charge in [-0.3, -0.25) is 9.59 Å². The van der Waals surface area contributed by atoms with Gasteiger partial charge in [0.1, 0.15) is 16.4 Å². The number of hydrogen-bond acceptors (Lipinski definition) is 5. The molecular formula is C21H19FN2O4S. The van der Waals surface area contributed by atoms with E-state index in [1.165, 1.54) is 23.5 Å². The fraction of sp³-hybridized carbons (Fsp3) is 0.190. The Balaban J connectivity index is 1.80. The van der Waals surface area contributed by atoms with Gasteiger partial charge in [-0.25, -0.2) is 9.18 Å². The average Bonchev–Trinajstić information content (AvgIpc) is 3.33. The number of rotatable bonds is 8. The number of aryl methyl sites for hydroxylation is 1. The molecule has 1 amide bonds. The van der Waals surface area contributed by atoms with Gasteiger partial charge in [-0.2, -0.15) is 0 Å². The van der Waals surface area contributed by atoms with Crippen LogP contribution in [0, 0.1) is 5.82 Å². The molecule has 0 atom stereocenters. The first-order valence-electron chi connectivity index (χ1n) is 8.98. The molecular weight excluding hydrogens is 395 g/mol. The first-order valence-corrected chi connectivity index (χ1v) is 9.86.